The van der Waals surface area contributed by atoms with Crippen LogP contribution in [-0.4, -0.2) is 115 Å². The Balaban J connectivity index is 2.11. The van der Waals surface area contributed by atoms with Gasteiger partial charge in [-0.05, 0) is 0 Å². The van der Waals surface area contributed by atoms with Gasteiger partial charge in [0, 0.05) is 0 Å². The fourth-order valence-corrected chi connectivity index (χ4v) is 2.56. The first-order valence-corrected chi connectivity index (χ1v) is 7.08. The number of hydrogen-bond acceptors (Lipinski definition) is 11. The molecule has 0 spiro atoms. The van der Waals surface area contributed by atoms with Crippen molar-refractivity contribution >= 4 is 0 Å². The van der Waals surface area contributed by atoms with Gasteiger partial charge in [-0.15, -0.1) is 0 Å². The van der Waals surface area contributed by atoms with Crippen LogP contribution in [0.1, 0.15) is 0 Å². The molecule has 2 heterocycles. The van der Waals surface area contributed by atoms with Crippen LogP contribution in [0.5, 0.6) is 0 Å². The number of hydrogen-bond donors (Lipinski definition) is 8. The normalized spacial score (nSPS) is 51.7. The van der Waals surface area contributed by atoms with Gasteiger partial charge < -0.3 is 55.1 Å². The van der Waals surface area contributed by atoms with Crippen molar-refractivity contribution in [3.63, 3.8) is 0 Å². The van der Waals surface area contributed by atoms with Gasteiger partial charge in [0.1, 0.15) is 48.8 Å². The highest BCUT2D eigenvalue weighted by Crippen LogP contribution is 2.28. The molecule has 11 heteroatoms. The van der Waals surface area contributed by atoms with E-state index >= 15 is 0 Å². The van der Waals surface area contributed by atoms with Crippen LogP contribution >= 0.6 is 0 Å². The van der Waals surface area contributed by atoms with Crippen molar-refractivity contribution in [1.82, 2.24) is 0 Å². The van der Waals surface area contributed by atoms with E-state index in [1.807, 2.05) is 0 Å². The number of rotatable bonds is 4. The van der Waals surface area contributed by atoms with Crippen LogP contribution in [0.2, 0.25) is 0 Å². The molecule has 2 aliphatic heterocycles. The van der Waals surface area contributed by atoms with Gasteiger partial charge >= 0.3 is 0 Å². The molecule has 0 amide bonds. The molecular weight excluding hydrogens is 320 g/mol. The van der Waals surface area contributed by atoms with Crippen molar-refractivity contribution in [1.29, 1.82) is 0 Å². The summed E-state index contributed by atoms with van der Waals surface area (Å²) < 4.78 is 15.1. The van der Waals surface area contributed by atoms with E-state index in [1.165, 1.54) is 0 Å². The third kappa shape index (κ3) is 3.65. The summed E-state index contributed by atoms with van der Waals surface area (Å²) in [6.07, 6.45) is -15.7. The molecule has 0 aromatic carbocycles. The molecule has 8 N–H and O–H groups in total. The molecule has 10 atom stereocenters. The van der Waals surface area contributed by atoms with Crippen molar-refractivity contribution in [2.24, 2.45) is 0 Å². The van der Waals surface area contributed by atoms with E-state index < -0.39 is 74.6 Å². The maximum absolute atomic E-state index is 10.00. The average Bonchev–Trinajstić information content (AvgIpc) is 2.54. The molecule has 0 bridgehead atoms. The molecular formula is C12H22O11. The van der Waals surface area contributed by atoms with Gasteiger partial charge in [-0.2, -0.15) is 0 Å². The smallest absolute Gasteiger partial charge is 0.187 e. The van der Waals surface area contributed by atoms with Crippen molar-refractivity contribution in [2.75, 3.05) is 13.2 Å². The Bertz CT molecular complexity index is 380. The molecule has 0 aromatic rings. The molecule has 23 heavy (non-hydrogen) atoms. The number of ether oxygens (including phenoxy) is 3. The van der Waals surface area contributed by atoms with Gasteiger partial charge in [0.2, 0.25) is 0 Å². The maximum atomic E-state index is 10.00. The second kappa shape index (κ2) is 7.63. The van der Waals surface area contributed by atoms with Gasteiger partial charge in [-0.3, -0.25) is 0 Å². The van der Waals surface area contributed by atoms with Gasteiger partial charge in [0.25, 0.3) is 0 Å². The summed E-state index contributed by atoms with van der Waals surface area (Å²) in [6.45, 7) is -1.34. The summed E-state index contributed by atoms with van der Waals surface area (Å²) in [4.78, 5) is 0. The molecule has 2 saturated heterocycles. The average molecular weight is 342 g/mol. The van der Waals surface area contributed by atoms with E-state index in [4.69, 9.17) is 24.4 Å². The van der Waals surface area contributed by atoms with Gasteiger partial charge in [-0.1, -0.05) is 0 Å². The lowest BCUT2D eigenvalue weighted by atomic mass is 9.97. The molecule has 0 aliphatic carbocycles. The highest BCUT2D eigenvalue weighted by molar-refractivity contribution is 4.93. The largest absolute Gasteiger partial charge is 0.394 e. The minimum atomic E-state index is -1.76. The standard InChI is InChI=1S/C12H22O11/c13-1-3-5(15)7(17)8(18)12(22-3)23-10-6(16)4(2-14)21-11(20)9(10)19/h3-20H,1-2H2/t3?,4?,5-,6-,7-,8-,9-,10-,11?,12?/m0/s1. The van der Waals surface area contributed by atoms with E-state index in [1.54, 1.807) is 0 Å². The minimum absolute atomic E-state index is 0.667. The van der Waals surface area contributed by atoms with Gasteiger partial charge in [-0.25, -0.2) is 0 Å². The highest BCUT2D eigenvalue weighted by Gasteiger charge is 2.50. The van der Waals surface area contributed by atoms with Crippen LogP contribution in [0.15, 0.2) is 0 Å². The lowest BCUT2D eigenvalue weighted by Gasteiger charge is -2.45. The van der Waals surface area contributed by atoms with E-state index in [2.05, 4.69) is 0 Å². The lowest BCUT2D eigenvalue weighted by Crippen LogP contribution is -2.64. The van der Waals surface area contributed by atoms with Crippen molar-refractivity contribution in [3.05, 3.63) is 0 Å². The van der Waals surface area contributed by atoms with E-state index in [0.29, 0.717) is 0 Å². The monoisotopic (exact) mass is 342 g/mol. The van der Waals surface area contributed by atoms with E-state index in [9.17, 15) is 30.6 Å². The Labute approximate surface area is 130 Å². The second-order valence-electron chi connectivity index (χ2n) is 5.53. The first kappa shape index (κ1) is 18.9. The van der Waals surface area contributed by atoms with Crippen molar-refractivity contribution in [3.8, 4) is 0 Å². The Morgan fingerprint density at radius 1 is 0.652 bits per heavy atom. The van der Waals surface area contributed by atoms with E-state index in [-0.39, 0.29) is 0 Å². The molecule has 0 radical (unpaired) electrons. The summed E-state index contributed by atoms with van der Waals surface area (Å²) >= 11 is 0. The number of aliphatic hydroxyl groups excluding tert-OH is 8. The van der Waals surface area contributed by atoms with Gasteiger partial charge in [0.15, 0.2) is 12.6 Å². The predicted molar refractivity (Wildman–Crippen MR) is 68.6 cm³/mol. The number of aliphatic hydroxyl groups is 8. The Morgan fingerprint density at radius 3 is 1.78 bits per heavy atom. The Kier molecular flexibility index (Phi) is 6.27. The van der Waals surface area contributed by atoms with Crippen molar-refractivity contribution in [2.45, 2.75) is 61.4 Å². The molecule has 0 aromatic heterocycles. The molecule has 2 fully saturated rings. The molecule has 2 rings (SSSR count). The predicted octanol–water partition coefficient (Wildman–Crippen LogP) is -5.40. The van der Waals surface area contributed by atoms with Crippen LogP contribution in [0.25, 0.3) is 0 Å². The zero-order valence-electron chi connectivity index (χ0n) is 12.0. The maximum Gasteiger partial charge on any atom is 0.187 e. The molecule has 4 unspecified atom stereocenters. The van der Waals surface area contributed by atoms with Crippen LogP contribution in [0.3, 0.4) is 0 Å². The van der Waals surface area contributed by atoms with Crippen LogP contribution < -0.4 is 0 Å². The highest BCUT2D eigenvalue weighted by atomic mass is 16.7. The fraction of sp³-hybridized carbons (Fsp3) is 1.00. The fourth-order valence-electron chi connectivity index (χ4n) is 2.56. The Morgan fingerprint density at radius 2 is 1.22 bits per heavy atom. The SMILES string of the molecule is OCC1OC(O[C@@H]2[C@H](O)C(O)OC(CO)[C@@H]2O)[C@@H](O)[C@@H](O)[C@H]1O. The minimum Gasteiger partial charge on any atom is -0.394 e. The third-order valence-corrected chi connectivity index (χ3v) is 3.98. The van der Waals surface area contributed by atoms with E-state index in [0.717, 1.165) is 0 Å². The zero-order valence-corrected chi connectivity index (χ0v) is 12.0. The summed E-state index contributed by atoms with van der Waals surface area (Å²) in [6, 6.07) is 0. The van der Waals surface area contributed by atoms with Crippen LogP contribution in [0.4, 0.5) is 0 Å². The van der Waals surface area contributed by atoms with Crippen molar-refractivity contribution < 1.29 is 55.1 Å². The molecule has 0 saturated carbocycles. The zero-order chi connectivity index (χ0) is 17.3. The van der Waals surface area contributed by atoms with Crippen LogP contribution in [0, 0.1) is 0 Å². The topological polar surface area (TPSA) is 190 Å². The summed E-state index contributed by atoms with van der Waals surface area (Å²) in [5.74, 6) is 0. The molecule has 2 aliphatic rings. The summed E-state index contributed by atoms with van der Waals surface area (Å²) in [5, 5.41) is 76.8. The quantitative estimate of drug-likeness (QED) is 0.243. The third-order valence-electron chi connectivity index (χ3n) is 3.98. The lowest BCUT2D eigenvalue weighted by molar-refractivity contribution is -0.355. The molecule has 11 nitrogen and oxygen atoms in total. The first-order chi connectivity index (χ1) is 10.8. The Hall–Kier alpha value is -0.440. The van der Waals surface area contributed by atoms with Crippen LogP contribution in [-0.2, 0) is 14.2 Å². The molecule has 136 valence electrons. The first-order valence-electron chi connectivity index (χ1n) is 7.08. The summed E-state index contributed by atoms with van der Waals surface area (Å²) in [7, 11) is 0. The summed E-state index contributed by atoms with van der Waals surface area (Å²) in [5.41, 5.74) is 0. The second-order valence-corrected chi connectivity index (χ2v) is 5.53. The van der Waals surface area contributed by atoms with Gasteiger partial charge in [0.05, 0.1) is 13.2 Å².